The van der Waals surface area contributed by atoms with E-state index in [2.05, 4.69) is 5.32 Å². The molecule has 1 amide bonds. The molecule has 1 atom stereocenters. The van der Waals surface area contributed by atoms with E-state index in [0.29, 0.717) is 0 Å². The van der Waals surface area contributed by atoms with Crippen molar-refractivity contribution in [3.63, 3.8) is 0 Å². The van der Waals surface area contributed by atoms with Gasteiger partial charge >= 0.3 is 29.8 Å². The van der Waals surface area contributed by atoms with E-state index < -0.39 is 74.5 Å². The van der Waals surface area contributed by atoms with Gasteiger partial charge in [-0.15, -0.1) is 0 Å². The minimum Gasteiger partial charge on any atom is -0.480 e. The van der Waals surface area contributed by atoms with Crippen molar-refractivity contribution >= 4 is 35.8 Å². The molecule has 0 fully saturated rings. The molecule has 5 N–H and O–H groups in total. The molecule has 1 aromatic rings. The lowest BCUT2D eigenvalue weighted by molar-refractivity contribution is -0.149. The predicted octanol–water partition coefficient (Wildman–Crippen LogP) is -1.52. The molecule has 216 valence electrons. The summed E-state index contributed by atoms with van der Waals surface area (Å²) in [4.78, 5) is 73.0. The van der Waals surface area contributed by atoms with E-state index in [9.17, 15) is 39.0 Å². The van der Waals surface area contributed by atoms with Crippen LogP contribution < -0.4 is 5.32 Å². The largest absolute Gasteiger partial charge is 0.480 e. The minimum absolute atomic E-state index is 0.0147. The number of esters is 1. The van der Waals surface area contributed by atoms with Crippen LogP contribution in [0.4, 0.5) is 0 Å². The second-order valence-corrected chi connectivity index (χ2v) is 8.65. The molecule has 15 nitrogen and oxygen atoms in total. The first-order chi connectivity index (χ1) is 18.3. The second-order valence-electron chi connectivity index (χ2n) is 8.65. The highest BCUT2D eigenvalue weighted by Crippen LogP contribution is 2.02. The van der Waals surface area contributed by atoms with Gasteiger partial charge in [0.15, 0.2) is 0 Å². The topological polar surface area (TPSA) is 214 Å². The van der Waals surface area contributed by atoms with Crippen molar-refractivity contribution in [3.05, 3.63) is 35.9 Å². The van der Waals surface area contributed by atoms with Gasteiger partial charge in [-0.25, -0.2) is 4.79 Å². The molecule has 0 saturated heterocycles. The van der Waals surface area contributed by atoms with Gasteiger partial charge in [0.1, 0.15) is 12.6 Å². The fourth-order valence-corrected chi connectivity index (χ4v) is 3.43. The summed E-state index contributed by atoms with van der Waals surface area (Å²) < 4.78 is 5.17. The van der Waals surface area contributed by atoms with Crippen LogP contribution in [-0.4, -0.2) is 136 Å². The third kappa shape index (κ3) is 15.7. The maximum Gasteiger partial charge on any atom is 0.328 e. The number of carboxylic acids is 4. The zero-order chi connectivity index (χ0) is 29.4. The first kappa shape index (κ1) is 32.9. The quantitative estimate of drug-likeness (QED) is 0.116. The van der Waals surface area contributed by atoms with E-state index >= 15 is 0 Å². The number of ether oxygens (including phenoxy) is 1. The summed E-state index contributed by atoms with van der Waals surface area (Å²) in [6, 6.07) is 7.90. The molecule has 0 saturated carbocycles. The summed E-state index contributed by atoms with van der Waals surface area (Å²) in [5, 5.41) is 38.8. The van der Waals surface area contributed by atoms with Gasteiger partial charge in [-0.05, 0) is 12.5 Å². The van der Waals surface area contributed by atoms with E-state index in [1.165, 1.54) is 16.7 Å². The Bertz CT molecular complexity index is 974. The van der Waals surface area contributed by atoms with Gasteiger partial charge in [0.25, 0.3) is 0 Å². The Morgan fingerprint density at radius 3 is 1.56 bits per heavy atom. The van der Waals surface area contributed by atoms with Crippen LogP contribution in [0, 0.1) is 0 Å². The smallest absolute Gasteiger partial charge is 0.328 e. The molecule has 0 aliphatic rings. The second kappa shape index (κ2) is 17.4. The summed E-state index contributed by atoms with van der Waals surface area (Å²) in [5.41, 5.74) is 0.761. The average Bonchev–Trinajstić information content (AvgIpc) is 2.83. The van der Waals surface area contributed by atoms with Gasteiger partial charge in [0.05, 0.1) is 32.7 Å². The molecule has 1 unspecified atom stereocenters. The number of amides is 1. The molecule has 0 aliphatic carbocycles. The van der Waals surface area contributed by atoms with Crippen LogP contribution in [0.2, 0.25) is 0 Å². The fourth-order valence-electron chi connectivity index (χ4n) is 3.43. The van der Waals surface area contributed by atoms with Crippen LogP contribution in [0.15, 0.2) is 30.3 Å². The number of carbonyl (C=O) groups excluding carboxylic acids is 2. The van der Waals surface area contributed by atoms with Gasteiger partial charge in [-0.1, -0.05) is 30.3 Å². The number of benzene rings is 1. The zero-order valence-electron chi connectivity index (χ0n) is 21.5. The van der Waals surface area contributed by atoms with Gasteiger partial charge in [0, 0.05) is 26.2 Å². The summed E-state index contributed by atoms with van der Waals surface area (Å²) in [6.07, 6.45) is 0. The number of rotatable bonds is 20. The summed E-state index contributed by atoms with van der Waals surface area (Å²) in [6.45, 7) is -1.31. The average molecular weight is 555 g/mol. The molecule has 0 bridgehead atoms. The van der Waals surface area contributed by atoms with Crippen molar-refractivity contribution < 1.29 is 53.9 Å². The van der Waals surface area contributed by atoms with Crippen LogP contribution in [0.5, 0.6) is 0 Å². The van der Waals surface area contributed by atoms with E-state index in [1.54, 1.807) is 24.3 Å². The lowest BCUT2D eigenvalue weighted by Gasteiger charge is -2.27. The number of nitrogens with one attached hydrogen (secondary N) is 1. The maximum absolute atomic E-state index is 12.5. The number of carboxylic acid groups (broad SMARTS) is 4. The van der Waals surface area contributed by atoms with E-state index in [4.69, 9.17) is 14.9 Å². The van der Waals surface area contributed by atoms with Crippen molar-refractivity contribution in [1.29, 1.82) is 0 Å². The molecule has 0 spiro atoms. The monoisotopic (exact) mass is 554 g/mol. The Labute approximate surface area is 224 Å². The van der Waals surface area contributed by atoms with E-state index in [1.807, 2.05) is 6.07 Å². The van der Waals surface area contributed by atoms with E-state index in [-0.39, 0.29) is 32.8 Å². The minimum atomic E-state index is -1.25. The number of nitrogens with zero attached hydrogens (tertiary/aromatic N) is 3. The Morgan fingerprint density at radius 1 is 0.692 bits per heavy atom. The Morgan fingerprint density at radius 2 is 1.10 bits per heavy atom. The van der Waals surface area contributed by atoms with Crippen LogP contribution in [0.3, 0.4) is 0 Å². The van der Waals surface area contributed by atoms with Crippen molar-refractivity contribution in [2.45, 2.75) is 19.6 Å². The van der Waals surface area contributed by atoms with Crippen LogP contribution in [0.25, 0.3) is 0 Å². The third-order valence-corrected chi connectivity index (χ3v) is 5.22. The molecule has 39 heavy (non-hydrogen) atoms. The highest BCUT2D eigenvalue weighted by atomic mass is 16.5. The standard InChI is InChI=1S/C24H34N4O11/c1-17(24(38)39-16-18-5-3-2-4-6-18)25-19(29)11-27(13-21(32)33)9-7-26(12-20(30)31)8-10-28(14-22(34)35)15-23(36)37/h2-6,17H,7-16H2,1H3,(H,25,29)(H,30,31)(H,32,33)(H,34,35)(H,36,37). The Hall–Kier alpha value is -4.08. The van der Waals surface area contributed by atoms with Crippen molar-refractivity contribution in [1.82, 2.24) is 20.0 Å². The molecule has 0 aliphatic heterocycles. The molecule has 1 rings (SSSR count). The number of aliphatic carboxylic acids is 4. The number of hydrogen-bond acceptors (Lipinski definition) is 10. The summed E-state index contributed by atoms with van der Waals surface area (Å²) in [5.74, 6) is -6.28. The van der Waals surface area contributed by atoms with Crippen molar-refractivity contribution in [2.24, 2.45) is 0 Å². The highest BCUT2D eigenvalue weighted by molar-refractivity contribution is 5.85. The van der Waals surface area contributed by atoms with Crippen LogP contribution >= 0.6 is 0 Å². The Balaban J connectivity index is 2.69. The van der Waals surface area contributed by atoms with Gasteiger partial charge in [-0.2, -0.15) is 0 Å². The SMILES string of the molecule is CC(NC(=O)CN(CCN(CCN(CC(=O)O)CC(=O)O)CC(=O)O)CC(=O)O)C(=O)OCc1ccccc1. The third-order valence-electron chi connectivity index (χ3n) is 5.22. The highest BCUT2D eigenvalue weighted by Gasteiger charge is 2.22. The maximum atomic E-state index is 12.5. The first-order valence-electron chi connectivity index (χ1n) is 11.9. The molecule has 0 radical (unpaired) electrons. The Kier molecular flexibility index (Phi) is 14.7. The summed E-state index contributed by atoms with van der Waals surface area (Å²) in [7, 11) is 0. The van der Waals surface area contributed by atoms with Gasteiger partial charge in [0.2, 0.25) is 5.91 Å². The van der Waals surface area contributed by atoms with E-state index in [0.717, 1.165) is 10.5 Å². The van der Waals surface area contributed by atoms with Gasteiger partial charge < -0.3 is 30.5 Å². The number of carbonyl (C=O) groups is 6. The fraction of sp³-hybridized carbons (Fsp3) is 0.500. The molecule has 0 heterocycles. The lowest BCUT2D eigenvalue weighted by Crippen LogP contribution is -2.48. The predicted molar refractivity (Wildman–Crippen MR) is 134 cm³/mol. The molecule has 0 aromatic heterocycles. The molecular formula is C24H34N4O11. The normalized spacial score (nSPS) is 11.8. The summed E-state index contributed by atoms with van der Waals surface area (Å²) >= 11 is 0. The molecule has 15 heteroatoms. The van der Waals surface area contributed by atoms with Crippen LogP contribution in [0.1, 0.15) is 12.5 Å². The number of hydrogen-bond donors (Lipinski definition) is 5. The molecule has 1 aromatic carbocycles. The molecular weight excluding hydrogens is 520 g/mol. The zero-order valence-corrected chi connectivity index (χ0v) is 21.5. The van der Waals surface area contributed by atoms with Gasteiger partial charge in [-0.3, -0.25) is 38.7 Å². The van der Waals surface area contributed by atoms with Crippen molar-refractivity contribution in [2.75, 3.05) is 58.9 Å². The van der Waals surface area contributed by atoms with Crippen molar-refractivity contribution in [3.8, 4) is 0 Å². The first-order valence-corrected chi connectivity index (χ1v) is 11.9. The lowest BCUT2D eigenvalue weighted by atomic mass is 10.2. The van der Waals surface area contributed by atoms with Crippen LogP contribution in [-0.2, 0) is 40.1 Å².